The molecule has 0 aliphatic carbocycles. The maximum absolute atomic E-state index is 13.5. The van der Waals surface area contributed by atoms with E-state index in [1.807, 2.05) is 19.1 Å². The van der Waals surface area contributed by atoms with Gasteiger partial charge in [0.2, 0.25) is 6.29 Å². The van der Waals surface area contributed by atoms with E-state index >= 15 is 0 Å². The van der Waals surface area contributed by atoms with Gasteiger partial charge in [0.15, 0.2) is 28.7 Å². The van der Waals surface area contributed by atoms with Crippen LogP contribution in [-0.2, 0) is 14.4 Å². The largest absolute Gasteiger partial charge is 0.377 e. The van der Waals surface area contributed by atoms with E-state index in [0.717, 1.165) is 5.56 Å². The number of nitrogens with zero attached hydrogens (tertiary/aromatic N) is 4. The normalized spacial score (nSPS) is 37.6. The smallest absolute Gasteiger partial charge is 0.222 e. The standard InChI is InChI=1S/C25H23N5O6/c1-14-2-4-15(5-3-14)30-36-22-24(33,18-8-12-28-18)25(34,19-9-13-29-19)23(32,17-7-11-27-17)21(35-22)20(31)16-6-10-26-16/h2-5,7-13,16,21-22,30,32-34H,6H2,1H3/t16?,21-,22+,23+,24+,25+/m1/s1. The van der Waals surface area contributed by atoms with Crippen LogP contribution in [0.4, 0.5) is 5.69 Å². The highest BCUT2D eigenvalue weighted by molar-refractivity contribution is 6.23. The summed E-state index contributed by atoms with van der Waals surface area (Å²) in [4.78, 5) is 35.7. The zero-order valence-corrected chi connectivity index (χ0v) is 19.1. The highest BCUT2D eigenvalue weighted by Crippen LogP contribution is 2.51. The van der Waals surface area contributed by atoms with Gasteiger partial charge in [0.05, 0.1) is 22.8 Å². The van der Waals surface area contributed by atoms with Gasteiger partial charge in [-0.3, -0.25) is 30.2 Å². The van der Waals surface area contributed by atoms with E-state index in [1.165, 1.54) is 36.8 Å². The first kappa shape index (κ1) is 22.8. The predicted octanol–water partition coefficient (Wildman–Crippen LogP) is 0.574. The molecule has 0 spiro atoms. The van der Waals surface area contributed by atoms with Crippen LogP contribution in [-0.4, -0.2) is 79.7 Å². The number of aryl methyl sites for hydroxylation is 1. The molecule has 36 heavy (non-hydrogen) atoms. The van der Waals surface area contributed by atoms with Crippen molar-refractivity contribution in [3.05, 3.63) is 66.7 Å². The van der Waals surface area contributed by atoms with Crippen molar-refractivity contribution in [3.8, 4) is 0 Å². The molecule has 11 heteroatoms. The van der Waals surface area contributed by atoms with E-state index in [0.29, 0.717) is 12.1 Å². The van der Waals surface area contributed by atoms with Crippen LogP contribution < -0.4 is 5.48 Å². The van der Waals surface area contributed by atoms with Gasteiger partial charge in [-0.25, -0.2) is 4.84 Å². The van der Waals surface area contributed by atoms with E-state index in [9.17, 15) is 20.1 Å². The summed E-state index contributed by atoms with van der Waals surface area (Å²) < 4.78 is 6.03. The van der Waals surface area contributed by atoms with Gasteiger partial charge in [-0.05, 0) is 37.3 Å². The summed E-state index contributed by atoms with van der Waals surface area (Å²) in [6.45, 7) is 1.93. The molecule has 11 nitrogen and oxygen atoms in total. The van der Waals surface area contributed by atoms with Gasteiger partial charge in [0.1, 0.15) is 6.04 Å². The second-order valence-corrected chi connectivity index (χ2v) is 9.15. The number of benzene rings is 1. The second kappa shape index (κ2) is 7.95. The zero-order chi connectivity index (χ0) is 25.1. The molecule has 6 rings (SSSR count). The van der Waals surface area contributed by atoms with Crippen LogP contribution in [0, 0.1) is 6.92 Å². The van der Waals surface area contributed by atoms with Crippen molar-refractivity contribution in [1.29, 1.82) is 0 Å². The average Bonchev–Trinajstić information content (AvgIpc) is 2.68. The number of hydrogen-bond acceptors (Lipinski definition) is 11. The highest BCUT2D eigenvalue weighted by atomic mass is 16.8. The van der Waals surface area contributed by atoms with E-state index in [2.05, 4.69) is 25.4 Å². The van der Waals surface area contributed by atoms with Crippen molar-refractivity contribution in [1.82, 2.24) is 0 Å². The van der Waals surface area contributed by atoms with E-state index < -0.39 is 41.0 Å². The van der Waals surface area contributed by atoms with Crippen LogP contribution in [0.2, 0.25) is 0 Å². The van der Waals surface area contributed by atoms with Gasteiger partial charge in [-0.15, -0.1) is 0 Å². The Kier molecular flexibility index (Phi) is 5.04. The van der Waals surface area contributed by atoms with E-state index in [4.69, 9.17) is 9.57 Å². The summed E-state index contributed by atoms with van der Waals surface area (Å²) in [6, 6.07) is 6.41. The number of aliphatic imine (C=N–C) groups is 4. The third-order valence-electron chi connectivity index (χ3n) is 7.11. The molecule has 6 atom stereocenters. The molecule has 5 aliphatic heterocycles. The molecule has 1 aromatic carbocycles. The Labute approximate surface area is 205 Å². The summed E-state index contributed by atoms with van der Waals surface area (Å²) in [5, 5.41) is 36.9. The van der Waals surface area contributed by atoms with Crippen molar-refractivity contribution in [2.24, 2.45) is 20.0 Å². The van der Waals surface area contributed by atoms with Gasteiger partial charge in [-0.2, -0.15) is 0 Å². The Morgan fingerprint density at radius 3 is 2.00 bits per heavy atom. The Hall–Kier alpha value is -3.61. The monoisotopic (exact) mass is 489 g/mol. The number of rotatable bonds is 8. The highest BCUT2D eigenvalue weighted by Gasteiger charge is 2.79. The number of nitrogens with one attached hydrogen (secondary N) is 1. The number of Topliss-reactive ketones (excluding diaryl/α,β-unsaturated/α-hetero) is 1. The first-order valence-electron chi connectivity index (χ1n) is 11.4. The van der Waals surface area contributed by atoms with Crippen LogP contribution in [0.1, 0.15) is 12.0 Å². The molecular weight excluding hydrogens is 466 g/mol. The molecule has 0 aromatic heterocycles. The van der Waals surface area contributed by atoms with Crippen LogP contribution in [0.15, 0.2) is 81.1 Å². The number of aliphatic hydroxyl groups is 3. The number of ketones is 1. The fraction of sp³-hybridized carbons (Fsp3) is 0.320. The third-order valence-corrected chi connectivity index (χ3v) is 7.11. The molecule has 5 aliphatic rings. The molecule has 184 valence electrons. The lowest BCUT2D eigenvalue weighted by Gasteiger charge is -2.60. The molecule has 0 amide bonds. The van der Waals surface area contributed by atoms with Crippen LogP contribution in [0.25, 0.3) is 0 Å². The maximum atomic E-state index is 13.5. The summed E-state index contributed by atoms with van der Waals surface area (Å²) in [5.74, 6) is -0.595. The first-order chi connectivity index (χ1) is 17.3. The molecule has 1 fully saturated rings. The fourth-order valence-corrected chi connectivity index (χ4v) is 4.80. The first-order valence-corrected chi connectivity index (χ1v) is 11.4. The number of ether oxygens (including phenoxy) is 1. The molecule has 1 unspecified atom stereocenters. The van der Waals surface area contributed by atoms with Crippen LogP contribution in [0.5, 0.6) is 0 Å². The average molecular weight is 489 g/mol. The molecule has 5 heterocycles. The van der Waals surface area contributed by atoms with Crippen molar-refractivity contribution >= 4 is 34.8 Å². The second-order valence-electron chi connectivity index (χ2n) is 9.15. The Bertz CT molecular complexity index is 1340. The molecule has 1 saturated heterocycles. The quantitative estimate of drug-likeness (QED) is 0.389. The third kappa shape index (κ3) is 2.88. The van der Waals surface area contributed by atoms with Crippen molar-refractivity contribution in [2.75, 3.05) is 5.48 Å². The Morgan fingerprint density at radius 1 is 0.972 bits per heavy atom. The zero-order valence-electron chi connectivity index (χ0n) is 19.1. The van der Waals surface area contributed by atoms with Gasteiger partial charge < -0.3 is 20.1 Å². The Balaban J connectivity index is 1.48. The number of hydrogen-bond donors (Lipinski definition) is 4. The van der Waals surface area contributed by atoms with Crippen molar-refractivity contribution < 1.29 is 29.7 Å². The van der Waals surface area contributed by atoms with Gasteiger partial charge in [0.25, 0.3) is 0 Å². The topological polar surface area (TPSA) is 158 Å². The lowest BCUT2D eigenvalue weighted by molar-refractivity contribution is -0.334. The fourth-order valence-electron chi connectivity index (χ4n) is 4.80. The molecular formula is C25H23N5O6. The molecule has 0 bridgehead atoms. The minimum absolute atomic E-state index is 0.0291. The van der Waals surface area contributed by atoms with Crippen molar-refractivity contribution in [2.45, 2.75) is 48.6 Å². The SMILES string of the molecule is Cc1ccc(NO[C@@H]2O[C@H](C(=O)C3CC=N3)[C@@](O)(C3=NC=C3)[C@@](O)(C3=NC=C3)[C@]2(O)C2=NC=C2)cc1. The van der Waals surface area contributed by atoms with E-state index in [1.54, 1.807) is 18.3 Å². The summed E-state index contributed by atoms with van der Waals surface area (Å²) in [6.07, 6.45) is 7.04. The number of carbonyl (C=O) groups is 1. The van der Waals surface area contributed by atoms with E-state index in [-0.39, 0.29) is 17.1 Å². The summed E-state index contributed by atoms with van der Waals surface area (Å²) >= 11 is 0. The molecule has 4 N–H and O–H groups in total. The van der Waals surface area contributed by atoms with Crippen LogP contribution in [0.3, 0.4) is 0 Å². The van der Waals surface area contributed by atoms with Gasteiger partial charge >= 0.3 is 0 Å². The molecule has 0 radical (unpaired) electrons. The van der Waals surface area contributed by atoms with Gasteiger partial charge in [-0.1, -0.05) is 17.7 Å². The van der Waals surface area contributed by atoms with Crippen molar-refractivity contribution in [3.63, 3.8) is 0 Å². The minimum Gasteiger partial charge on any atom is -0.377 e. The number of anilines is 1. The molecule has 0 saturated carbocycles. The lowest BCUT2D eigenvalue weighted by atomic mass is 9.57. The minimum atomic E-state index is -2.65. The Morgan fingerprint density at radius 2 is 1.53 bits per heavy atom. The summed E-state index contributed by atoms with van der Waals surface area (Å²) in [5.41, 5.74) is -3.60. The maximum Gasteiger partial charge on any atom is 0.222 e. The summed E-state index contributed by atoms with van der Waals surface area (Å²) in [7, 11) is 0. The van der Waals surface area contributed by atoms with Gasteiger partial charge in [0, 0.05) is 31.2 Å². The lowest BCUT2D eigenvalue weighted by Crippen LogP contribution is -2.88. The molecule has 1 aromatic rings. The number of carbonyl (C=O) groups excluding carboxylic acids is 1. The van der Waals surface area contributed by atoms with Crippen LogP contribution >= 0.6 is 0 Å². The predicted molar refractivity (Wildman–Crippen MR) is 131 cm³/mol.